The molecule has 2 unspecified atom stereocenters. The first kappa shape index (κ1) is 19.7. The second kappa shape index (κ2) is 8.82. The van der Waals surface area contributed by atoms with Gasteiger partial charge in [0.1, 0.15) is 6.54 Å². The Morgan fingerprint density at radius 3 is 3.00 bits per heavy atom. The molecular weight excluding hydrogens is 368 g/mol. The monoisotopic (exact) mass is 398 g/mol. The van der Waals surface area contributed by atoms with Gasteiger partial charge in [-0.15, -0.1) is 0 Å². The number of para-hydroxylation sites is 1. The Balaban J connectivity index is 1.46. The number of ether oxygens (including phenoxy) is 1. The van der Waals surface area contributed by atoms with Gasteiger partial charge in [0, 0.05) is 51.6 Å². The summed E-state index contributed by atoms with van der Waals surface area (Å²) in [6.07, 6.45) is 4.00. The molecule has 1 amide bonds. The highest BCUT2D eigenvalue weighted by Gasteiger charge is 2.28. The van der Waals surface area contributed by atoms with Crippen LogP contribution in [0.3, 0.4) is 0 Å². The minimum Gasteiger partial charge on any atom is -0.381 e. The maximum atomic E-state index is 12.1. The van der Waals surface area contributed by atoms with Crippen LogP contribution >= 0.6 is 0 Å². The third kappa shape index (κ3) is 4.53. The third-order valence-corrected chi connectivity index (χ3v) is 5.75. The molecule has 8 nitrogen and oxygen atoms in total. The fraction of sp³-hybridized carbons (Fsp3) is 0.571. The molecule has 0 aliphatic carbocycles. The molecule has 0 bridgehead atoms. The van der Waals surface area contributed by atoms with E-state index < -0.39 is 0 Å². The standard InChI is InChI=1S/C21H30N6O2/c1-25(2)20(28)13-23-21(22-11-16-8-10-29-15-16)26-9-7-18(14-26)27-19-6-4-3-5-17(19)12-24-27/h3-6,12,16,18H,7-11,13-15H2,1-2H3,(H,22,23). The van der Waals surface area contributed by atoms with Crippen molar-refractivity contribution in [3.63, 3.8) is 0 Å². The molecule has 2 saturated heterocycles. The van der Waals surface area contributed by atoms with Crippen LogP contribution in [-0.4, -0.2) is 84.9 Å². The van der Waals surface area contributed by atoms with Gasteiger partial charge >= 0.3 is 0 Å². The second-order valence-corrected chi connectivity index (χ2v) is 8.07. The smallest absolute Gasteiger partial charge is 0.243 e. The SMILES string of the molecule is CN(C)C(=O)CN=C(NCC1CCOC1)N1CCC(n2ncc3ccccc32)C1. The lowest BCUT2D eigenvalue weighted by molar-refractivity contribution is -0.127. The fourth-order valence-corrected chi connectivity index (χ4v) is 3.95. The maximum Gasteiger partial charge on any atom is 0.243 e. The molecule has 2 aromatic rings. The molecule has 3 heterocycles. The lowest BCUT2D eigenvalue weighted by atomic mass is 10.1. The third-order valence-electron chi connectivity index (χ3n) is 5.75. The molecule has 1 aromatic heterocycles. The molecule has 29 heavy (non-hydrogen) atoms. The first-order valence-electron chi connectivity index (χ1n) is 10.3. The Morgan fingerprint density at radius 1 is 1.34 bits per heavy atom. The summed E-state index contributed by atoms with van der Waals surface area (Å²) in [5, 5.41) is 9.29. The van der Waals surface area contributed by atoms with E-state index in [4.69, 9.17) is 4.74 Å². The Morgan fingerprint density at radius 2 is 2.21 bits per heavy atom. The summed E-state index contributed by atoms with van der Waals surface area (Å²) in [5.74, 6) is 1.31. The molecule has 8 heteroatoms. The van der Waals surface area contributed by atoms with Crippen molar-refractivity contribution < 1.29 is 9.53 Å². The quantitative estimate of drug-likeness (QED) is 0.608. The number of benzene rings is 1. The van der Waals surface area contributed by atoms with Gasteiger partial charge in [-0.1, -0.05) is 18.2 Å². The Labute approximate surface area is 171 Å². The lowest BCUT2D eigenvalue weighted by Crippen LogP contribution is -2.43. The van der Waals surface area contributed by atoms with Crippen LogP contribution in [0.2, 0.25) is 0 Å². The average molecular weight is 399 g/mol. The number of nitrogens with zero attached hydrogens (tertiary/aromatic N) is 5. The van der Waals surface area contributed by atoms with Gasteiger partial charge in [-0.2, -0.15) is 5.10 Å². The van der Waals surface area contributed by atoms with Gasteiger partial charge in [-0.25, -0.2) is 4.99 Å². The van der Waals surface area contributed by atoms with Crippen LogP contribution in [-0.2, 0) is 9.53 Å². The normalized spacial score (nSPS) is 22.4. The number of aromatic nitrogens is 2. The van der Waals surface area contributed by atoms with E-state index in [9.17, 15) is 4.79 Å². The summed E-state index contributed by atoms with van der Waals surface area (Å²) >= 11 is 0. The molecule has 1 aromatic carbocycles. The summed E-state index contributed by atoms with van der Waals surface area (Å²) < 4.78 is 7.61. The van der Waals surface area contributed by atoms with Crippen molar-refractivity contribution in [1.82, 2.24) is 24.9 Å². The van der Waals surface area contributed by atoms with E-state index in [-0.39, 0.29) is 12.5 Å². The summed E-state index contributed by atoms with van der Waals surface area (Å²) in [4.78, 5) is 20.5. The van der Waals surface area contributed by atoms with E-state index in [0.717, 1.165) is 62.6 Å². The molecule has 2 aliphatic rings. The fourth-order valence-electron chi connectivity index (χ4n) is 3.95. The van der Waals surface area contributed by atoms with Crippen LogP contribution in [0.15, 0.2) is 35.5 Å². The average Bonchev–Trinajstić information content (AvgIpc) is 3.47. The van der Waals surface area contributed by atoms with Gasteiger partial charge in [-0.3, -0.25) is 9.48 Å². The van der Waals surface area contributed by atoms with Crippen LogP contribution in [0, 0.1) is 5.92 Å². The zero-order valence-electron chi connectivity index (χ0n) is 17.3. The van der Waals surface area contributed by atoms with Gasteiger partial charge in [0.2, 0.25) is 5.91 Å². The zero-order valence-corrected chi connectivity index (χ0v) is 17.3. The van der Waals surface area contributed by atoms with E-state index in [1.807, 2.05) is 12.3 Å². The van der Waals surface area contributed by atoms with Crippen LogP contribution in [0.25, 0.3) is 10.9 Å². The maximum absolute atomic E-state index is 12.1. The Hall–Kier alpha value is -2.61. The van der Waals surface area contributed by atoms with Crippen molar-refractivity contribution >= 4 is 22.8 Å². The van der Waals surface area contributed by atoms with Crippen molar-refractivity contribution in [2.45, 2.75) is 18.9 Å². The molecule has 2 aliphatic heterocycles. The van der Waals surface area contributed by atoms with E-state index in [1.165, 1.54) is 0 Å². The van der Waals surface area contributed by atoms with Crippen LogP contribution in [0.1, 0.15) is 18.9 Å². The highest BCUT2D eigenvalue weighted by Crippen LogP contribution is 2.25. The molecule has 4 rings (SSSR count). The van der Waals surface area contributed by atoms with Gasteiger partial charge < -0.3 is 19.9 Å². The molecule has 0 radical (unpaired) electrons. The molecule has 2 fully saturated rings. The number of nitrogens with one attached hydrogen (secondary N) is 1. The summed E-state index contributed by atoms with van der Waals surface area (Å²) in [6.45, 7) is 4.31. The number of hydrogen-bond donors (Lipinski definition) is 1. The first-order valence-corrected chi connectivity index (χ1v) is 10.3. The topological polar surface area (TPSA) is 75.0 Å². The zero-order chi connectivity index (χ0) is 20.2. The van der Waals surface area contributed by atoms with Gasteiger partial charge in [-0.05, 0) is 18.9 Å². The predicted molar refractivity (Wildman–Crippen MR) is 113 cm³/mol. The Bertz CT molecular complexity index is 871. The van der Waals surface area contributed by atoms with E-state index in [2.05, 4.69) is 43.2 Å². The minimum absolute atomic E-state index is 0.00215. The van der Waals surface area contributed by atoms with Crippen LogP contribution in [0.4, 0.5) is 0 Å². The number of aliphatic imine (C=N–C) groups is 1. The van der Waals surface area contributed by atoms with Crippen molar-refractivity contribution in [1.29, 1.82) is 0 Å². The summed E-state index contributed by atoms with van der Waals surface area (Å²) in [6, 6.07) is 8.60. The number of hydrogen-bond acceptors (Lipinski definition) is 4. The molecule has 0 spiro atoms. The van der Waals surface area contributed by atoms with Crippen molar-refractivity contribution in [2.24, 2.45) is 10.9 Å². The molecule has 2 atom stereocenters. The van der Waals surface area contributed by atoms with Crippen molar-refractivity contribution in [2.75, 3.05) is 53.5 Å². The highest BCUT2D eigenvalue weighted by molar-refractivity contribution is 5.85. The molecule has 156 valence electrons. The molecule has 0 saturated carbocycles. The van der Waals surface area contributed by atoms with Gasteiger partial charge in [0.25, 0.3) is 0 Å². The number of likely N-dealkylation sites (tertiary alicyclic amines) is 1. The Kier molecular flexibility index (Phi) is 5.99. The lowest BCUT2D eigenvalue weighted by Gasteiger charge is -2.23. The number of likely N-dealkylation sites (N-methyl/N-ethyl adjacent to an activating group) is 1. The molecule has 1 N–H and O–H groups in total. The number of fused-ring (bicyclic) bond motifs is 1. The van der Waals surface area contributed by atoms with Crippen molar-refractivity contribution in [3.05, 3.63) is 30.5 Å². The highest BCUT2D eigenvalue weighted by atomic mass is 16.5. The second-order valence-electron chi connectivity index (χ2n) is 8.07. The van der Waals surface area contributed by atoms with E-state index >= 15 is 0 Å². The minimum atomic E-state index is 0.00215. The van der Waals surface area contributed by atoms with Gasteiger partial charge in [0.05, 0.1) is 24.4 Å². The number of guanidine groups is 1. The van der Waals surface area contributed by atoms with E-state index in [1.54, 1.807) is 19.0 Å². The number of carbonyl (C=O) groups is 1. The molecular formula is C21H30N6O2. The van der Waals surface area contributed by atoms with E-state index in [0.29, 0.717) is 12.0 Å². The number of amides is 1. The van der Waals surface area contributed by atoms with Crippen LogP contribution in [0.5, 0.6) is 0 Å². The van der Waals surface area contributed by atoms with Crippen LogP contribution < -0.4 is 5.32 Å². The van der Waals surface area contributed by atoms with Gasteiger partial charge in [0.15, 0.2) is 5.96 Å². The number of carbonyl (C=O) groups excluding carboxylic acids is 1. The van der Waals surface area contributed by atoms with Crippen molar-refractivity contribution in [3.8, 4) is 0 Å². The largest absolute Gasteiger partial charge is 0.381 e. The summed E-state index contributed by atoms with van der Waals surface area (Å²) in [7, 11) is 3.52. The summed E-state index contributed by atoms with van der Waals surface area (Å²) in [5.41, 5.74) is 1.16. The predicted octanol–water partition coefficient (Wildman–Crippen LogP) is 1.35. The number of rotatable bonds is 5. The first-order chi connectivity index (χ1) is 14.1.